The van der Waals surface area contributed by atoms with Crippen LogP contribution < -0.4 is 10.1 Å². The monoisotopic (exact) mass is 282 g/mol. The van der Waals surface area contributed by atoms with E-state index in [-0.39, 0.29) is 0 Å². The molecule has 2 N–H and O–H groups in total. The minimum Gasteiger partial charge on any atom is -0.492 e. The van der Waals surface area contributed by atoms with Crippen molar-refractivity contribution in [3.05, 3.63) is 59.7 Å². The van der Waals surface area contributed by atoms with Crippen molar-refractivity contribution < 1.29 is 9.84 Å². The van der Waals surface area contributed by atoms with Crippen molar-refractivity contribution >= 4 is 5.69 Å². The average Bonchev–Trinajstić information content (AvgIpc) is 2.54. The Balaban J connectivity index is 2.00. The molecule has 0 aliphatic carbocycles. The maximum atomic E-state index is 10.2. The Morgan fingerprint density at radius 3 is 2.57 bits per heavy atom. The number of aliphatic hydroxyl groups excluding tert-OH is 1. The SMILES string of the molecule is CCOc1ccccc1NCC(O)c1ccc(C#N)cc1. The minimum absolute atomic E-state index is 0.371. The van der Waals surface area contributed by atoms with Crippen molar-refractivity contribution in [1.29, 1.82) is 5.26 Å². The number of rotatable bonds is 6. The van der Waals surface area contributed by atoms with Crippen molar-refractivity contribution in [3.8, 4) is 11.8 Å². The highest BCUT2D eigenvalue weighted by atomic mass is 16.5. The number of nitrogens with one attached hydrogen (secondary N) is 1. The van der Waals surface area contributed by atoms with Crippen LogP contribution in [0.5, 0.6) is 5.75 Å². The number of hydrogen-bond acceptors (Lipinski definition) is 4. The molecule has 2 rings (SSSR count). The fourth-order valence-electron chi connectivity index (χ4n) is 2.00. The molecule has 0 saturated carbocycles. The van der Waals surface area contributed by atoms with E-state index < -0.39 is 6.10 Å². The fraction of sp³-hybridized carbons (Fsp3) is 0.235. The summed E-state index contributed by atoms with van der Waals surface area (Å²) in [7, 11) is 0. The highest BCUT2D eigenvalue weighted by Gasteiger charge is 2.09. The van der Waals surface area contributed by atoms with Crippen LogP contribution in [-0.4, -0.2) is 18.3 Å². The summed E-state index contributed by atoms with van der Waals surface area (Å²) in [6, 6.07) is 16.6. The summed E-state index contributed by atoms with van der Waals surface area (Å²) in [4.78, 5) is 0. The molecule has 2 aromatic rings. The normalized spacial score (nSPS) is 11.5. The van der Waals surface area contributed by atoms with E-state index in [4.69, 9.17) is 10.00 Å². The number of hydrogen-bond donors (Lipinski definition) is 2. The van der Waals surface area contributed by atoms with Gasteiger partial charge < -0.3 is 15.2 Å². The molecule has 21 heavy (non-hydrogen) atoms. The molecule has 0 saturated heterocycles. The molecular weight excluding hydrogens is 264 g/mol. The first-order valence-corrected chi connectivity index (χ1v) is 6.88. The molecule has 0 bridgehead atoms. The van der Waals surface area contributed by atoms with E-state index in [0.717, 1.165) is 17.0 Å². The summed E-state index contributed by atoms with van der Waals surface area (Å²) < 4.78 is 5.53. The quantitative estimate of drug-likeness (QED) is 0.854. The van der Waals surface area contributed by atoms with Crippen molar-refractivity contribution in [1.82, 2.24) is 0 Å². The maximum absolute atomic E-state index is 10.2. The molecule has 0 fully saturated rings. The Hall–Kier alpha value is -2.51. The third kappa shape index (κ3) is 3.98. The van der Waals surface area contributed by atoms with Crippen LogP contribution in [0.2, 0.25) is 0 Å². The van der Waals surface area contributed by atoms with Crippen LogP contribution >= 0.6 is 0 Å². The number of nitriles is 1. The molecule has 4 heteroatoms. The van der Waals surface area contributed by atoms with Gasteiger partial charge >= 0.3 is 0 Å². The average molecular weight is 282 g/mol. The van der Waals surface area contributed by atoms with E-state index >= 15 is 0 Å². The molecule has 1 atom stereocenters. The highest BCUT2D eigenvalue weighted by molar-refractivity contribution is 5.56. The summed E-state index contributed by atoms with van der Waals surface area (Å²) in [5.41, 5.74) is 2.21. The van der Waals surface area contributed by atoms with Gasteiger partial charge in [0.1, 0.15) is 5.75 Å². The highest BCUT2D eigenvalue weighted by Crippen LogP contribution is 2.24. The molecule has 1 unspecified atom stereocenters. The molecule has 0 amide bonds. The van der Waals surface area contributed by atoms with Crippen molar-refractivity contribution in [3.63, 3.8) is 0 Å². The molecular formula is C17H18N2O2. The number of anilines is 1. The molecule has 2 aromatic carbocycles. The van der Waals surface area contributed by atoms with E-state index in [1.165, 1.54) is 0 Å². The smallest absolute Gasteiger partial charge is 0.142 e. The molecule has 0 spiro atoms. The van der Waals surface area contributed by atoms with Gasteiger partial charge in [-0.3, -0.25) is 0 Å². The lowest BCUT2D eigenvalue weighted by atomic mass is 10.1. The Labute approximate surface area is 124 Å². The second-order valence-electron chi connectivity index (χ2n) is 4.56. The van der Waals surface area contributed by atoms with E-state index in [2.05, 4.69) is 11.4 Å². The number of benzene rings is 2. The Bertz CT molecular complexity index is 617. The van der Waals surface area contributed by atoms with Gasteiger partial charge in [-0.05, 0) is 36.8 Å². The van der Waals surface area contributed by atoms with Gasteiger partial charge in [0.05, 0.1) is 30.0 Å². The topological polar surface area (TPSA) is 65.3 Å². The zero-order valence-corrected chi connectivity index (χ0v) is 11.9. The van der Waals surface area contributed by atoms with E-state index in [1.807, 2.05) is 31.2 Å². The van der Waals surface area contributed by atoms with Gasteiger partial charge in [-0.1, -0.05) is 24.3 Å². The molecule has 4 nitrogen and oxygen atoms in total. The molecule has 0 aliphatic rings. The lowest BCUT2D eigenvalue weighted by Crippen LogP contribution is -2.13. The Morgan fingerprint density at radius 2 is 1.90 bits per heavy atom. The van der Waals surface area contributed by atoms with Crippen LogP contribution in [0.4, 0.5) is 5.69 Å². The Kier molecular flexibility index (Phi) is 5.19. The first kappa shape index (κ1) is 14.9. The second kappa shape index (κ2) is 7.32. The predicted octanol–water partition coefficient (Wildman–Crippen LogP) is 3.10. The summed E-state index contributed by atoms with van der Waals surface area (Å²) in [6.07, 6.45) is -0.646. The maximum Gasteiger partial charge on any atom is 0.142 e. The van der Waals surface area contributed by atoms with Crippen LogP contribution in [-0.2, 0) is 0 Å². The summed E-state index contributed by atoms with van der Waals surface area (Å²) in [5.74, 6) is 0.770. The van der Waals surface area contributed by atoms with Gasteiger partial charge in [-0.2, -0.15) is 5.26 Å². The van der Waals surface area contributed by atoms with Crippen LogP contribution in [0, 0.1) is 11.3 Å². The van der Waals surface area contributed by atoms with Crippen molar-refractivity contribution in [2.24, 2.45) is 0 Å². The molecule has 0 radical (unpaired) electrons. The molecule has 0 aliphatic heterocycles. The standard InChI is InChI=1S/C17H18N2O2/c1-2-21-17-6-4-3-5-15(17)19-12-16(20)14-9-7-13(11-18)8-10-14/h3-10,16,19-20H,2,12H2,1H3. The van der Waals surface area contributed by atoms with Crippen LogP contribution in [0.1, 0.15) is 24.2 Å². The zero-order valence-electron chi connectivity index (χ0n) is 11.9. The molecule has 0 aromatic heterocycles. The summed E-state index contributed by atoms with van der Waals surface area (Å²) >= 11 is 0. The lowest BCUT2D eigenvalue weighted by molar-refractivity contribution is 0.191. The van der Waals surface area contributed by atoms with Gasteiger partial charge in [-0.25, -0.2) is 0 Å². The summed E-state index contributed by atoms with van der Waals surface area (Å²) in [5, 5.41) is 22.1. The minimum atomic E-state index is -0.646. The number of ether oxygens (including phenoxy) is 1. The number of aliphatic hydroxyl groups is 1. The molecule has 108 valence electrons. The summed E-state index contributed by atoms with van der Waals surface area (Å²) in [6.45, 7) is 2.90. The van der Waals surface area contributed by atoms with Gasteiger partial charge in [0.2, 0.25) is 0 Å². The second-order valence-corrected chi connectivity index (χ2v) is 4.56. The zero-order chi connectivity index (χ0) is 15.1. The Morgan fingerprint density at radius 1 is 1.19 bits per heavy atom. The largest absolute Gasteiger partial charge is 0.492 e. The van der Waals surface area contributed by atoms with Gasteiger partial charge in [-0.15, -0.1) is 0 Å². The van der Waals surface area contributed by atoms with Crippen LogP contribution in [0.25, 0.3) is 0 Å². The van der Waals surface area contributed by atoms with Gasteiger partial charge in [0.15, 0.2) is 0 Å². The van der Waals surface area contributed by atoms with E-state index in [0.29, 0.717) is 18.7 Å². The van der Waals surface area contributed by atoms with Crippen molar-refractivity contribution in [2.45, 2.75) is 13.0 Å². The molecule has 0 heterocycles. The first-order chi connectivity index (χ1) is 10.2. The van der Waals surface area contributed by atoms with Crippen molar-refractivity contribution in [2.75, 3.05) is 18.5 Å². The third-order valence-electron chi connectivity index (χ3n) is 3.10. The third-order valence-corrected chi connectivity index (χ3v) is 3.10. The fourth-order valence-corrected chi connectivity index (χ4v) is 2.00. The van der Waals surface area contributed by atoms with Gasteiger partial charge in [0.25, 0.3) is 0 Å². The number of nitrogens with zero attached hydrogens (tertiary/aromatic N) is 1. The van der Waals surface area contributed by atoms with Crippen LogP contribution in [0.15, 0.2) is 48.5 Å². The van der Waals surface area contributed by atoms with Gasteiger partial charge in [0, 0.05) is 6.54 Å². The lowest BCUT2D eigenvalue weighted by Gasteiger charge is -2.15. The predicted molar refractivity (Wildman–Crippen MR) is 82.2 cm³/mol. The first-order valence-electron chi connectivity index (χ1n) is 6.88. The van der Waals surface area contributed by atoms with E-state index in [9.17, 15) is 5.11 Å². The van der Waals surface area contributed by atoms with Crippen LogP contribution in [0.3, 0.4) is 0 Å². The van der Waals surface area contributed by atoms with E-state index in [1.54, 1.807) is 24.3 Å². The number of para-hydroxylation sites is 2.